The minimum Gasteiger partial charge on any atom is -0.382 e. The number of nitro groups is 1. The highest BCUT2D eigenvalue weighted by Crippen LogP contribution is 2.39. The number of non-ortho nitro benzene ring substituents is 1. The van der Waals surface area contributed by atoms with Crippen LogP contribution in [0.2, 0.25) is 0 Å². The zero-order valence-electron chi connectivity index (χ0n) is 17.6. The van der Waals surface area contributed by atoms with Gasteiger partial charge in [0, 0.05) is 29.9 Å². The number of benzene rings is 1. The highest BCUT2D eigenvalue weighted by molar-refractivity contribution is 6.00. The molecule has 1 amide bonds. The summed E-state index contributed by atoms with van der Waals surface area (Å²) >= 11 is 0. The fourth-order valence-electron chi connectivity index (χ4n) is 4.57. The van der Waals surface area contributed by atoms with E-state index in [4.69, 9.17) is 0 Å². The summed E-state index contributed by atoms with van der Waals surface area (Å²) in [6, 6.07) is 2.77. The van der Waals surface area contributed by atoms with Crippen molar-refractivity contribution in [2.24, 2.45) is 11.8 Å². The average molecular weight is 481 g/mol. The molecule has 2 fully saturated rings. The van der Waals surface area contributed by atoms with E-state index in [-0.39, 0.29) is 74.3 Å². The molecule has 2 aliphatic rings. The zero-order chi connectivity index (χ0) is 24.4. The molecule has 12 heteroatoms. The lowest BCUT2D eigenvalue weighted by Gasteiger charge is -2.32. The molecule has 3 rings (SSSR count). The van der Waals surface area contributed by atoms with Crippen LogP contribution in [-0.2, 0) is 0 Å². The average Bonchev–Trinajstić information content (AvgIpc) is 2.73. The minimum atomic E-state index is -4.28. The topological polar surface area (TPSA) is 84.3 Å². The summed E-state index contributed by atoms with van der Waals surface area (Å²) < 4.78 is 77.3. The zero-order valence-corrected chi connectivity index (χ0v) is 17.6. The quantitative estimate of drug-likeness (QED) is 0.308. The lowest BCUT2D eigenvalue weighted by atomic mass is 9.85. The van der Waals surface area contributed by atoms with Crippen LogP contribution in [0.3, 0.4) is 0 Å². The van der Waals surface area contributed by atoms with Gasteiger partial charge in [-0.15, -0.1) is 0 Å². The Balaban J connectivity index is 1.68. The Bertz CT molecular complexity index is 858. The Kier molecular flexibility index (Phi) is 7.42. The van der Waals surface area contributed by atoms with Crippen LogP contribution >= 0.6 is 0 Å². The first-order chi connectivity index (χ1) is 15.3. The fourth-order valence-corrected chi connectivity index (χ4v) is 4.57. The minimum absolute atomic E-state index is 0.0555. The largest absolute Gasteiger partial charge is 0.391 e. The predicted molar refractivity (Wildman–Crippen MR) is 108 cm³/mol. The monoisotopic (exact) mass is 481 g/mol. The van der Waals surface area contributed by atoms with Crippen molar-refractivity contribution in [2.45, 2.75) is 75.8 Å². The van der Waals surface area contributed by atoms with Crippen LogP contribution in [0.4, 0.5) is 37.7 Å². The van der Waals surface area contributed by atoms with Crippen molar-refractivity contribution in [1.82, 2.24) is 5.32 Å². The highest BCUT2D eigenvalue weighted by Gasteiger charge is 2.42. The van der Waals surface area contributed by atoms with Crippen molar-refractivity contribution < 1.29 is 36.1 Å². The number of nitrogens with zero attached hydrogens (tertiary/aromatic N) is 1. The molecule has 0 heterocycles. The highest BCUT2D eigenvalue weighted by atomic mass is 19.4. The summed E-state index contributed by atoms with van der Waals surface area (Å²) in [5, 5.41) is 16.9. The van der Waals surface area contributed by atoms with E-state index in [0.717, 1.165) is 6.07 Å². The van der Waals surface area contributed by atoms with Crippen molar-refractivity contribution in [1.29, 1.82) is 0 Å². The first-order valence-corrected chi connectivity index (χ1v) is 10.8. The molecule has 33 heavy (non-hydrogen) atoms. The molecule has 1 aromatic rings. The number of alkyl halides is 6. The molecule has 0 bridgehead atoms. The first-order valence-electron chi connectivity index (χ1n) is 10.8. The van der Waals surface area contributed by atoms with E-state index in [1.54, 1.807) is 0 Å². The van der Waals surface area contributed by atoms with Gasteiger partial charge >= 0.3 is 12.4 Å². The van der Waals surface area contributed by atoms with Crippen molar-refractivity contribution in [3.63, 3.8) is 0 Å². The summed E-state index contributed by atoms with van der Waals surface area (Å²) in [6.45, 7) is 0. The van der Waals surface area contributed by atoms with Gasteiger partial charge in [0.15, 0.2) is 0 Å². The molecule has 0 spiro atoms. The molecular formula is C21H25F6N3O3. The van der Waals surface area contributed by atoms with Crippen LogP contribution < -0.4 is 10.6 Å². The maximum Gasteiger partial charge on any atom is 0.391 e. The number of hydrogen-bond acceptors (Lipinski definition) is 4. The number of nitrogens with one attached hydrogen (secondary N) is 2. The van der Waals surface area contributed by atoms with Crippen molar-refractivity contribution in [2.75, 3.05) is 5.32 Å². The normalized spacial score (nSPS) is 26.5. The molecule has 0 unspecified atom stereocenters. The van der Waals surface area contributed by atoms with Crippen molar-refractivity contribution >= 4 is 17.3 Å². The van der Waals surface area contributed by atoms with Crippen LogP contribution in [0.1, 0.15) is 61.7 Å². The standard InChI is InChI=1S/C21H25F6N3O3/c22-20(23,24)12-1-5-14(6-2-12)28-18-10-9-16(30(32)33)11-17(18)19(31)29-15-7-3-13(4-8-15)21(25,26)27/h9-15,28H,1-8H2,(H,29,31). The second kappa shape index (κ2) is 9.76. The number of amides is 1. The number of rotatable bonds is 5. The van der Waals surface area contributed by atoms with Gasteiger partial charge in [-0.2, -0.15) is 26.3 Å². The smallest absolute Gasteiger partial charge is 0.382 e. The Morgan fingerprint density at radius 3 is 1.79 bits per heavy atom. The van der Waals surface area contributed by atoms with Gasteiger partial charge in [0.05, 0.1) is 22.3 Å². The lowest BCUT2D eigenvalue weighted by Crippen LogP contribution is -2.40. The van der Waals surface area contributed by atoms with Gasteiger partial charge in [-0.3, -0.25) is 14.9 Å². The van der Waals surface area contributed by atoms with Gasteiger partial charge in [-0.25, -0.2) is 0 Å². The SMILES string of the molecule is O=C(NC1CCC(C(F)(F)F)CC1)c1cc([N+](=O)[O-])ccc1NC1CCC(C(F)(F)F)CC1. The summed E-state index contributed by atoms with van der Waals surface area (Å²) in [5.74, 6) is -3.45. The Morgan fingerprint density at radius 1 is 0.848 bits per heavy atom. The maximum atomic E-state index is 12.9. The van der Waals surface area contributed by atoms with Gasteiger partial charge < -0.3 is 10.6 Å². The van der Waals surface area contributed by atoms with Gasteiger partial charge in [-0.1, -0.05) is 0 Å². The molecule has 1 aromatic carbocycles. The molecule has 0 aromatic heterocycles. The van der Waals surface area contributed by atoms with Crippen LogP contribution in [0.15, 0.2) is 18.2 Å². The molecule has 6 nitrogen and oxygen atoms in total. The Labute approximate surface area is 186 Å². The van der Waals surface area contributed by atoms with Crippen molar-refractivity contribution in [3.8, 4) is 0 Å². The van der Waals surface area contributed by atoms with E-state index < -0.39 is 41.1 Å². The van der Waals surface area contributed by atoms with E-state index in [1.165, 1.54) is 12.1 Å². The lowest BCUT2D eigenvalue weighted by molar-refractivity contribution is -0.384. The molecular weight excluding hydrogens is 456 g/mol. The van der Waals surface area contributed by atoms with E-state index in [1.807, 2.05) is 0 Å². The number of halogens is 6. The first kappa shape index (κ1) is 25.1. The molecule has 0 atom stereocenters. The molecule has 184 valence electrons. The van der Waals surface area contributed by atoms with E-state index in [2.05, 4.69) is 10.6 Å². The van der Waals surface area contributed by atoms with Crippen LogP contribution in [-0.4, -0.2) is 35.3 Å². The number of anilines is 1. The van der Waals surface area contributed by atoms with Crippen LogP contribution in [0.25, 0.3) is 0 Å². The number of carbonyl (C=O) groups is 1. The van der Waals surface area contributed by atoms with E-state index in [9.17, 15) is 41.3 Å². The third-order valence-electron chi connectivity index (χ3n) is 6.53. The van der Waals surface area contributed by atoms with Gasteiger partial charge in [0.25, 0.3) is 11.6 Å². The fraction of sp³-hybridized carbons (Fsp3) is 0.667. The summed E-state index contributed by atoms with van der Waals surface area (Å²) in [7, 11) is 0. The Hall–Kier alpha value is -2.53. The third-order valence-corrected chi connectivity index (χ3v) is 6.53. The molecule has 0 radical (unpaired) electrons. The molecule has 0 saturated heterocycles. The van der Waals surface area contributed by atoms with Gasteiger partial charge in [0.1, 0.15) is 0 Å². The maximum absolute atomic E-state index is 12.9. The van der Waals surface area contributed by atoms with Crippen molar-refractivity contribution in [3.05, 3.63) is 33.9 Å². The predicted octanol–water partition coefficient (Wildman–Crippen LogP) is 5.98. The second-order valence-corrected chi connectivity index (χ2v) is 8.79. The number of carbonyl (C=O) groups excluding carboxylic acids is 1. The summed E-state index contributed by atoms with van der Waals surface area (Å²) in [4.78, 5) is 23.4. The molecule has 2 aliphatic carbocycles. The third kappa shape index (κ3) is 6.50. The van der Waals surface area contributed by atoms with E-state index in [0.29, 0.717) is 0 Å². The molecule has 0 aliphatic heterocycles. The van der Waals surface area contributed by atoms with Gasteiger partial charge in [0.2, 0.25) is 0 Å². The molecule has 2 saturated carbocycles. The van der Waals surface area contributed by atoms with Crippen LogP contribution in [0, 0.1) is 22.0 Å². The van der Waals surface area contributed by atoms with E-state index >= 15 is 0 Å². The number of nitro benzene ring substituents is 1. The summed E-state index contributed by atoms with van der Waals surface area (Å²) in [5.41, 5.74) is -0.148. The number of hydrogen-bond donors (Lipinski definition) is 2. The van der Waals surface area contributed by atoms with Gasteiger partial charge in [-0.05, 0) is 57.4 Å². The van der Waals surface area contributed by atoms with Crippen LogP contribution in [0.5, 0.6) is 0 Å². The molecule has 2 N–H and O–H groups in total. The summed E-state index contributed by atoms with van der Waals surface area (Å²) in [6.07, 6.45) is -8.16. The second-order valence-electron chi connectivity index (χ2n) is 8.79. The Morgan fingerprint density at radius 2 is 1.33 bits per heavy atom.